The van der Waals surface area contributed by atoms with Gasteiger partial charge in [-0.15, -0.1) is 0 Å². The molecule has 0 spiro atoms. The van der Waals surface area contributed by atoms with Gasteiger partial charge in [-0.2, -0.15) is 0 Å². The van der Waals surface area contributed by atoms with Gasteiger partial charge in [0.05, 0.1) is 18.4 Å². The van der Waals surface area contributed by atoms with E-state index in [0.717, 1.165) is 38.8 Å². The van der Waals surface area contributed by atoms with E-state index in [9.17, 15) is 5.11 Å². The van der Waals surface area contributed by atoms with Crippen LogP contribution in [0.5, 0.6) is 0 Å². The lowest BCUT2D eigenvalue weighted by molar-refractivity contribution is -0.0112. The third kappa shape index (κ3) is 4.46. The molecule has 0 amide bonds. The Labute approximate surface area is 169 Å². The van der Waals surface area contributed by atoms with E-state index < -0.39 is 0 Å². The molecular weight excluding hydrogens is 354 g/mol. The van der Waals surface area contributed by atoms with Crippen molar-refractivity contribution in [1.29, 1.82) is 0 Å². The predicted molar refractivity (Wildman–Crippen MR) is 111 cm³/mol. The van der Waals surface area contributed by atoms with Crippen molar-refractivity contribution >= 4 is 0 Å². The zero-order valence-electron chi connectivity index (χ0n) is 17.6. The summed E-state index contributed by atoms with van der Waals surface area (Å²) in [7, 11) is 2.02. The summed E-state index contributed by atoms with van der Waals surface area (Å²) in [6, 6.07) is 0.897. The van der Waals surface area contributed by atoms with E-state index in [1.54, 1.807) is 0 Å². The van der Waals surface area contributed by atoms with Gasteiger partial charge in [-0.05, 0) is 51.5 Å². The Morgan fingerprint density at radius 1 is 1.21 bits per heavy atom. The Kier molecular flexibility index (Phi) is 6.72. The Hall–Kier alpha value is -0.540. The average Bonchev–Trinajstić information content (AvgIpc) is 3.01. The van der Waals surface area contributed by atoms with Gasteiger partial charge in [0.2, 0.25) is 0 Å². The maximum Gasteiger partial charge on any atom is 0.113 e. The number of ether oxygens (including phenoxy) is 1. The first kappa shape index (κ1) is 20.7. The van der Waals surface area contributed by atoms with E-state index in [1.165, 1.54) is 5.57 Å². The van der Waals surface area contributed by atoms with Crippen LogP contribution < -0.4 is 26.6 Å². The maximum absolute atomic E-state index is 10.3. The predicted octanol–water partition coefficient (Wildman–Crippen LogP) is 0.0868. The lowest BCUT2D eigenvalue weighted by Crippen LogP contribution is -2.69. The molecule has 3 heterocycles. The molecule has 4 rings (SSSR count). The SMILES string of the molecule is CNC1CC(C)NC(NC2CC3CCOC3C(C3=CCNC[C@H](O)C3)C2C)N1. The first-order valence-electron chi connectivity index (χ1n) is 11.2. The number of hydrogen-bond donors (Lipinski definition) is 6. The molecule has 0 aromatic rings. The lowest BCUT2D eigenvalue weighted by Gasteiger charge is -2.47. The van der Waals surface area contributed by atoms with Crippen molar-refractivity contribution in [2.75, 3.05) is 26.7 Å². The highest BCUT2D eigenvalue weighted by atomic mass is 16.5. The standard InChI is InChI=1S/C21H39N5O2/c1-12-8-18(22-3)26-21(24-12)25-17-10-15-5-7-28-20(15)19(13(17)2)14-4-6-23-11-16(27)9-14/h4,12-13,15-27H,5-11H2,1-3H3/t12?,13?,15?,16-,17?,18?,19?,20?,21?/m1/s1. The number of hydrogen-bond acceptors (Lipinski definition) is 7. The lowest BCUT2D eigenvalue weighted by atomic mass is 9.66. The molecule has 6 N–H and O–H groups in total. The summed E-state index contributed by atoms with van der Waals surface area (Å²) >= 11 is 0. The van der Waals surface area contributed by atoms with E-state index in [4.69, 9.17) is 4.74 Å². The molecule has 2 saturated heterocycles. The van der Waals surface area contributed by atoms with Crippen molar-refractivity contribution < 1.29 is 9.84 Å². The van der Waals surface area contributed by atoms with Crippen LogP contribution in [-0.4, -0.2) is 68.6 Å². The molecule has 7 heteroatoms. The summed E-state index contributed by atoms with van der Waals surface area (Å²) < 4.78 is 6.25. The quantitative estimate of drug-likeness (QED) is 0.377. The molecule has 160 valence electrons. The minimum Gasteiger partial charge on any atom is -0.391 e. The Morgan fingerprint density at radius 2 is 2.07 bits per heavy atom. The van der Waals surface area contributed by atoms with Gasteiger partial charge >= 0.3 is 0 Å². The Balaban J connectivity index is 1.50. The fourth-order valence-corrected chi connectivity index (χ4v) is 5.85. The van der Waals surface area contributed by atoms with Crippen molar-refractivity contribution in [1.82, 2.24) is 26.6 Å². The van der Waals surface area contributed by atoms with Gasteiger partial charge in [-0.25, -0.2) is 0 Å². The summed E-state index contributed by atoms with van der Waals surface area (Å²) in [5.74, 6) is 1.45. The van der Waals surface area contributed by atoms with Crippen molar-refractivity contribution in [2.45, 2.75) is 76.3 Å². The number of β-amino-alcohol motifs (C(OH)–C–C–N with tert-alkyl or cyclic N) is 1. The van der Waals surface area contributed by atoms with Gasteiger partial charge < -0.3 is 20.5 Å². The van der Waals surface area contributed by atoms with Crippen molar-refractivity contribution in [3.05, 3.63) is 11.6 Å². The minimum atomic E-state index is -0.298. The third-order valence-electron chi connectivity index (χ3n) is 7.30. The van der Waals surface area contributed by atoms with Crippen molar-refractivity contribution in [3.63, 3.8) is 0 Å². The molecule has 8 unspecified atom stereocenters. The third-order valence-corrected chi connectivity index (χ3v) is 7.30. The first-order valence-corrected chi connectivity index (χ1v) is 11.2. The summed E-state index contributed by atoms with van der Waals surface area (Å²) in [4.78, 5) is 0. The number of fused-ring (bicyclic) bond motifs is 1. The molecule has 0 aromatic carbocycles. The molecule has 0 radical (unpaired) electrons. The highest BCUT2D eigenvalue weighted by Crippen LogP contribution is 2.45. The van der Waals surface area contributed by atoms with Crippen LogP contribution in [0.2, 0.25) is 0 Å². The van der Waals surface area contributed by atoms with E-state index in [1.807, 2.05) is 7.05 Å². The highest BCUT2D eigenvalue weighted by Gasteiger charge is 2.47. The van der Waals surface area contributed by atoms with Crippen LogP contribution in [0.4, 0.5) is 0 Å². The second-order valence-corrected chi connectivity index (χ2v) is 9.32. The van der Waals surface area contributed by atoms with E-state index in [2.05, 4.69) is 46.5 Å². The number of aliphatic hydroxyl groups excluding tert-OH is 1. The number of aliphatic hydroxyl groups is 1. The van der Waals surface area contributed by atoms with Crippen LogP contribution >= 0.6 is 0 Å². The first-order chi connectivity index (χ1) is 13.5. The molecule has 9 atom stereocenters. The zero-order chi connectivity index (χ0) is 19.7. The van der Waals surface area contributed by atoms with Crippen molar-refractivity contribution in [3.8, 4) is 0 Å². The average molecular weight is 394 g/mol. The van der Waals surface area contributed by atoms with Crippen LogP contribution in [-0.2, 0) is 4.74 Å². The minimum absolute atomic E-state index is 0.114. The van der Waals surface area contributed by atoms with E-state index >= 15 is 0 Å². The van der Waals surface area contributed by atoms with Gasteiger partial charge in [0.25, 0.3) is 0 Å². The smallest absolute Gasteiger partial charge is 0.113 e. The van der Waals surface area contributed by atoms with Crippen LogP contribution in [0.15, 0.2) is 11.6 Å². The topological polar surface area (TPSA) is 89.6 Å². The molecular formula is C21H39N5O2. The van der Waals surface area contributed by atoms with E-state index in [-0.39, 0.29) is 12.4 Å². The van der Waals surface area contributed by atoms with Gasteiger partial charge in [0, 0.05) is 37.7 Å². The fraction of sp³-hybridized carbons (Fsp3) is 0.905. The van der Waals surface area contributed by atoms with Crippen molar-refractivity contribution in [2.24, 2.45) is 17.8 Å². The molecule has 7 nitrogen and oxygen atoms in total. The van der Waals surface area contributed by atoms with Gasteiger partial charge in [0.15, 0.2) is 0 Å². The number of nitrogens with one attached hydrogen (secondary N) is 5. The largest absolute Gasteiger partial charge is 0.391 e. The monoisotopic (exact) mass is 393 g/mol. The maximum atomic E-state index is 10.3. The summed E-state index contributed by atoms with van der Waals surface area (Å²) in [6.45, 7) is 7.01. The Bertz CT molecular complexity index is 559. The molecule has 3 aliphatic heterocycles. The molecule has 0 bridgehead atoms. The second kappa shape index (κ2) is 9.08. The second-order valence-electron chi connectivity index (χ2n) is 9.32. The van der Waals surface area contributed by atoms with Gasteiger partial charge in [-0.1, -0.05) is 18.6 Å². The van der Waals surface area contributed by atoms with Crippen LogP contribution in [0.1, 0.15) is 39.5 Å². The Morgan fingerprint density at radius 3 is 2.89 bits per heavy atom. The molecule has 3 fully saturated rings. The van der Waals surface area contributed by atoms with Gasteiger partial charge in [-0.3, -0.25) is 16.0 Å². The normalized spacial score (nSPS) is 47.3. The van der Waals surface area contributed by atoms with Crippen LogP contribution in [0.3, 0.4) is 0 Å². The zero-order valence-corrected chi connectivity index (χ0v) is 17.6. The van der Waals surface area contributed by atoms with Crippen LogP contribution in [0.25, 0.3) is 0 Å². The fourth-order valence-electron chi connectivity index (χ4n) is 5.85. The molecule has 0 aromatic heterocycles. The van der Waals surface area contributed by atoms with Crippen LogP contribution in [0, 0.1) is 17.8 Å². The number of rotatable bonds is 4. The summed E-state index contributed by atoms with van der Waals surface area (Å²) in [6.07, 6.45) is 6.92. The van der Waals surface area contributed by atoms with E-state index in [0.29, 0.717) is 48.7 Å². The highest BCUT2D eigenvalue weighted by molar-refractivity contribution is 5.18. The summed E-state index contributed by atoms with van der Waals surface area (Å²) in [5.41, 5.74) is 1.39. The molecule has 28 heavy (non-hydrogen) atoms. The molecule has 4 aliphatic rings. The molecule has 1 aliphatic carbocycles. The molecule has 1 saturated carbocycles. The van der Waals surface area contributed by atoms with Gasteiger partial charge in [0.1, 0.15) is 6.29 Å². The summed E-state index contributed by atoms with van der Waals surface area (Å²) in [5, 5.41) is 28.2.